The molecule has 0 aliphatic rings. The highest BCUT2D eigenvalue weighted by Gasteiger charge is 2.14. The van der Waals surface area contributed by atoms with Gasteiger partial charge in [0.05, 0.1) is 6.10 Å². The van der Waals surface area contributed by atoms with Gasteiger partial charge in [-0.1, -0.05) is 25.2 Å². The van der Waals surface area contributed by atoms with Crippen LogP contribution in [-0.2, 0) is 0 Å². The monoisotopic (exact) mass is 298 g/mol. The molecule has 0 fully saturated rings. The first-order valence-electron chi connectivity index (χ1n) is 6.42. The van der Waals surface area contributed by atoms with Crippen molar-refractivity contribution in [3.63, 3.8) is 0 Å². The van der Waals surface area contributed by atoms with E-state index in [9.17, 15) is 5.11 Å². The van der Waals surface area contributed by atoms with Gasteiger partial charge < -0.3 is 15.7 Å². The molecule has 19 heavy (non-hydrogen) atoms. The van der Waals surface area contributed by atoms with Crippen molar-refractivity contribution in [1.29, 1.82) is 0 Å². The number of hydrogen-bond acceptors (Lipinski definition) is 4. The molecule has 0 aliphatic carbocycles. The zero-order chi connectivity index (χ0) is 14.4. The molecule has 1 unspecified atom stereocenters. The third kappa shape index (κ3) is 4.67. The number of thiocarbonyl (C=S) groups is 1. The number of benzene rings is 1. The summed E-state index contributed by atoms with van der Waals surface area (Å²) in [5, 5.41) is 9.38. The molecule has 0 heterocycles. The summed E-state index contributed by atoms with van der Waals surface area (Å²) in [5.74, 6) is 0.983. The molecule has 0 spiro atoms. The largest absolute Gasteiger partial charge is 0.393 e. The Morgan fingerprint density at radius 1 is 1.53 bits per heavy atom. The normalized spacial score (nSPS) is 12.2. The lowest BCUT2D eigenvalue weighted by molar-refractivity contribution is 0.187. The molecule has 3 N–H and O–H groups in total. The quantitative estimate of drug-likeness (QED) is 0.599. The topological polar surface area (TPSA) is 49.5 Å². The number of thioether (sulfide) groups is 1. The molecular weight excluding hydrogens is 276 g/mol. The molecule has 0 aromatic heterocycles. The highest BCUT2D eigenvalue weighted by atomic mass is 32.2. The predicted octanol–water partition coefficient (Wildman–Crippen LogP) is 2.64. The van der Waals surface area contributed by atoms with Crippen molar-refractivity contribution in [1.82, 2.24) is 0 Å². The van der Waals surface area contributed by atoms with E-state index in [4.69, 9.17) is 18.0 Å². The van der Waals surface area contributed by atoms with Crippen LogP contribution in [0.5, 0.6) is 0 Å². The zero-order valence-electron chi connectivity index (χ0n) is 11.7. The zero-order valence-corrected chi connectivity index (χ0v) is 13.4. The van der Waals surface area contributed by atoms with E-state index in [0.29, 0.717) is 4.99 Å². The highest BCUT2D eigenvalue weighted by molar-refractivity contribution is 7.99. The van der Waals surface area contributed by atoms with Crippen molar-refractivity contribution >= 4 is 34.7 Å². The minimum Gasteiger partial charge on any atom is -0.393 e. The SMILES string of the molecule is CCSc1cccc(N(C)CCC(C)O)c1C(N)=S. The van der Waals surface area contributed by atoms with Crippen LogP contribution >= 0.6 is 24.0 Å². The minimum atomic E-state index is -0.302. The summed E-state index contributed by atoms with van der Waals surface area (Å²) in [7, 11) is 2.00. The Bertz CT molecular complexity index is 435. The molecule has 0 amide bonds. The maximum Gasteiger partial charge on any atom is 0.107 e. The summed E-state index contributed by atoms with van der Waals surface area (Å²) < 4.78 is 0. The second kappa shape index (κ2) is 7.72. The lowest BCUT2D eigenvalue weighted by Crippen LogP contribution is -2.25. The van der Waals surface area contributed by atoms with Crippen molar-refractivity contribution in [2.75, 3.05) is 24.2 Å². The smallest absolute Gasteiger partial charge is 0.107 e. The van der Waals surface area contributed by atoms with E-state index in [1.807, 2.05) is 19.2 Å². The van der Waals surface area contributed by atoms with Gasteiger partial charge in [-0.25, -0.2) is 0 Å². The van der Waals surface area contributed by atoms with Crippen LogP contribution in [0.25, 0.3) is 0 Å². The number of anilines is 1. The van der Waals surface area contributed by atoms with Crippen molar-refractivity contribution in [2.45, 2.75) is 31.3 Å². The molecule has 1 rings (SSSR count). The van der Waals surface area contributed by atoms with Crippen molar-refractivity contribution in [3.8, 4) is 0 Å². The van der Waals surface area contributed by atoms with Gasteiger partial charge in [-0.15, -0.1) is 11.8 Å². The van der Waals surface area contributed by atoms with Gasteiger partial charge in [0.25, 0.3) is 0 Å². The van der Waals surface area contributed by atoms with Crippen LogP contribution in [-0.4, -0.2) is 35.5 Å². The first kappa shape index (κ1) is 16.3. The van der Waals surface area contributed by atoms with Gasteiger partial charge >= 0.3 is 0 Å². The summed E-state index contributed by atoms with van der Waals surface area (Å²) in [4.78, 5) is 3.65. The first-order chi connectivity index (χ1) is 8.97. The fourth-order valence-corrected chi connectivity index (χ4v) is 2.99. The maximum atomic E-state index is 9.38. The van der Waals surface area contributed by atoms with Gasteiger partial charge in [-0.3, -0.25) is 0 Å². The summed E-state index contributed by atoms with van der Waals surface area (Å²) in [5.41, 5.74) is 7.86. The minimum absolute atomic E-state index is 0.302. The molecule has 0 radical (unpaired) electrons. The number of nitrogens with two attached hydrogens (primary N) is 1. The fourth-order valence-electron chi connectivity index (χ4n) is 1.86. The highest BCUT2D eigenvalue weighted by Crippen LogP contribution is 2.30. The molecule has 106 valence electrons. The Morgan fingerprint density at radius 3 is 2.74 bits per heavy atom. The van der Waals surface area contributed by atoms with Crippen LogP contribution in [0, 0.1) is 0 Å². The molecule has 0 saturated carbocycles. The standard InChI is InChI=1S/C14H22N2OS2/c1-4-19-12-7-5-6-11(13(12)14(15)18)16(3)9-8-10(2)17/h5-7,10,17H,4,8-9H2,1-3H3,(H2,15,18). The average Bonchev–Trinajstić information content (AvgIpc) is 2.35. The molecular formula is C14H22N2OS2. The second-order valence-electron chi connectivity index (χ2n) is 4.51. The van der Waals surface area contributed by atoms with Gasteiger partial charge in [0.1, 0.15) is 4.99 Å². The first-order valence-corrected chi connectivity index (χ1v) is 7.81. The van der Waals surface area contributed by atoms with E-state index in [1.54, 1.807) is 18.7 Å². The van der Waals surface area contributed by atoms with Gasteiger partial charge in [0.2, 0.25) is 0 Å². The molecule has 1 aromatic rings. The molecule has 0 aliphatic heterocycles. The fraction of sp³-hybridized carbons (Fsp3) is 0.500. The molecule has 3 nitrogen and oxygen atoms in total. The molecule has 1 aromatic carbocycles. The second-order valence-corrected chi connectivity index (χ2v) is 6.25. The van der Waals surface area contributed by atoms with Crippen LogP contribution < -0.4 is 10.6 Å². The Hall–Kier alpha value is -0.780. The average molecular weight is 298 g/mol. The molecule has 0 bridgehead atoms. The van der Waals surface area contributed by atoms with Gasteiger partial charge in [0.15, 0.2) is 0 Å². The van der Waals surface area contributed by atoms with Crippen molar-refractivity contribution in [3.05, 3.63) is 23.8 Å². The van der Waals surface area contributed by atoms with E-state index < -0.39 is 0 Å². The third-order valence-electron chi connectivity index (χ3n) is 2.84. The summed E-state index contributed by atoms with van der Waals surface area (Å²) in [6, 6.07) is 6.10. The third-order valence-corrected chi connectivity index (χ3v) is 3.99. The number of aliphatic hydroxyl groups is 1. The van der Waals surface area contributed by atoms with Crippen LogP contribution in [0.2, 0.25) is 0 Å². The number of rotatable bonds is 7. The number of hydrogen-bond donors (Lipinski definition) is 2. The van der Waals surface area contributed by atoms with Crippen molar-refractivity contribution in [2.24, 2.45) is 5.73 Å². The lowest BCUT2D eigenvalue weighted by atomic mass is 10.1. The van der Waals surface area contributed by atoms with E-state index in [-0.39, 0.29) is 6.10 Å². The number of nitrogens with zero attached hydrogens (tertiary/aromatic N) is 1. The van der Waals surface area contributed by atoms with Gasteiger partial charge in [-0.05, 0) is 31.2 Å². The van der Waals surface area contributed by atoms with E-state index in [0.717, 1.165) is 34.9 Å². The van der Waals surface area contributed by atoms with Crippen LogP contribution in [0.1, 0.15) is 25.8 Å². The summed E-state index contributed by atoms with van der Waals surface area (Å²) >= 11 is 6.94. The van der Waals surface area contributed by atoms with E-state index in [2.05, 4.69) is 17.9 Å². The predicted molar refractivity (Wildman–Crippen MR) is 88.3 cm³/mol. The van der Waals surface area contributed by atoms with Crippen LogP contribution in [0.15, 0.2) is 23.1 Å². The van der Waals surface area contributed by atoms with Gasteiger partial charge in [0, 0.05) is 29.7 Å². The van der Waals surface area contributed by atoms with Crippen molar-refractivity contribution < 1.29 is 5.11 Å². The number of aliphatic hydroxyl groups excluding tert-OH is 1. The van der Waals surface area contributed by atoms with Crippen LogP contribution in [0.4, 0.5) is 5.69 Å². The summed E-state index contributed by atoms with van der Waals surface area (Å²) in [6.45, 7) is 4.68. The maximum absolute atomic E-state index is 9.38. The lowest BCUT2D eigenvalue weighted by Gasteiger charge is -2.24. The van der Waals surface area contributed by atoms with E-state index >= 15 is 0 Å². The van der Waals surface area contributed by atoms with Gasteiger partial charge in [-0.2, -0.15) is 0 Å². The Balaban J connectivity index is 3.04. The Morgan fingerprint density at radius 2 is 2.21 bits per heavy atom. The molecule has 5 heteroatoms. The Kier molecular flexibility index (Phi) is 6.62. The Labute approximate surface area is 125 Å². The molecule has 0 saturated heterocycles. The molecule has 1 atom stereocenters. The van der Waals surface area contributed by atoms with E-state index in [1.165, 1.54) is 0 Å². The summed E-state index contributed by atoms with van der Waals surface area (Å²) in [6.07, 6.45) is 0.419. The van der Waals surface area contributed by atoms with Crippen LogP contribution in [0.3, 0.4) is 0 Å².